The highest BCUT2D eigenvalue weighted by Crippen LogP contribution is 2.30. The number of nitrogens with zero attached hydrogens (tertiary/aromatic N) is 1. The molecule has 2 N–H and O–H groups in total. The standard InChI is InChI=1S/C15H22N2O2/c1-10-6-11(2)9-17(8-10)14-7-12(16)4-5-13(14)15(18)19-3/h4-5,7,10-11H,6,8-9,16H2,1-3H3. The van der Waals surface area contributed by atoms with E-state index in [4.69, 9.17) is 10.5 Å². The van der Waals surface area contributed by atoms with E-state index in [-0.39, 0.29) is 5.97 Å². The van der Waals surface area contributed by atoms with E-state index < -0.39 is 0 Å². The Labute approximate surface area is 114 Å². The number of ether oxygens (including phenoxy) is 1. The monoisotopic (exact) mass is 262 g/mol. The van der Waals surface area contributed by atoms with E-state index in [1.165, 1.54) is 13.5 Å². The van der Waals surface area contributed by atoms with Gasteiger partial charge in [0.15, 0.2) is 0 Å². The van der Waals surface area contributed by atoms with Crippen LogP contribution in [0, 0.1) is 11.8 Å². The molecule has 1 saturated heterocycles. The van der Waals surface area contributed by atoms with Crippen molar-refractivity contribution in [2.45, 2.75) is 20.3 Å². The highest BCUT2D eigenvalue weighted by molar-refractivity contribution is 5.96. The van der Waals surface area contributed by atoms with Crippen molar-refractivity contribution < 1.29 is 9.53 Å². The van der Waals surface area contributed by atoms with Gasteiger partial charge >= 0.3 is 5.97 Å². The summed E-state index contributed by atoms with van der Waals surface area (Å²) >= 11 is 0. The van der Waals surface area contributed by atoms with Crippen LogP contribution in [-0.4, -0.2) is 26.2 Å². The third kappa shape index (κ3) is 3.00. The van der Waals surface area contributed by atoms with Crippen LogP contribution < -0.4 is 10.6 Å². The smallest absolute Gasteiger partial charge is 0.339 e. The summed E-state index contributed by atoms with van der Waals surface area (Å²) in [5, 5.41) is 0. The second kappa shape index (κ2) is 5.51. The summed E-state index contributed by atoms with van der Waals surface area (Å²) in [6, 6.07) is 5.37. The van der Waals surface area contributed by atoms with Gasteiger partial charge in [0.2, 0.25) is 0 Å². The number of carbonyl (C=O) groups excluding carboxylic acids is 1. The number of carbonyl (C=O) groups is 1. The van der Waals surface area contributed by atoms with Crippen molar-refractivity contribution in [3.63, 3.8) is 0 Å². The molecule has 0 saturated carbocycles. The topological polar surface area (TPSA) is 55.6 Å². The van der Waals surface area contributed by atoms with Gasteiger partial charge in [-0.3, -0.25) is 0 Å². The van der Waals surface area contributed by atoms with E-state index in [0.717, 1.165) is 18.8 Å². The first-order valence-electron chi connectivity index (χ1n) is 6.74. The van der Waals surface area contributed by atoms with Crippen molar-refractivity contribution >= 4 is 17.3 Å². The lowest BCUT2D eigenvalue weighted by Crippen LogP contribution is -2.39. The Bertz CT molecular complexity index is 463. The third-order valence-electron chi connectivity index (χ3n) is 3.64. The summed E-state index contributed by atoms with van der Waals surface area (Å²) in [7, 11) is 1.41. The van der Waals surface area contributed by atoms with Crippen LogP contribution in [0.2, 0.25) is 0 Å². The van der Waals surface area contributed by atoms with E-state index in [2.05, 4.69) is 18.7 Å². The number of hydrogen-bond donors (Lipinski definition) is 1. The minimum atomic E-state index is -0.305. The predicted molar refractivity (Wildman–Crippen MR) is 77.4 cm³/mol. The lowest BCUT2D eigenvalue weighted by atomic mass is 9.91. The number of piperidine rings is 1. The van der Waals surface area contributed by atoms with E-state index in [9.17, 15) is 4.79 Å². The average molecular weight is 262 g/mol. The number of hydrogen-bond acceptors (Lipinski definition) is 4. The number of nitrogens with two attached hydrogens (primary N) is 1. The van der Waals surface area contributed by atoms with Crippen LogP contribution in [0.15, 0.2) is 18.2 Å². The molecular formula is C15H22N2O2. The predicted octanol–water partition coefficient (Wildman–Crippen LogP) is 2.54. The van der Waals surface area contributed by atoms with E-state index in [1.807, 2.05) is 6.07 Å². The number of rotatable bonds is 2. The molecular weight excluding hydrogens is 240 g/mol. The molecule has 0 amide bonds. The van der Waals surface area contributed by atoms with Crippen molar-refractivity contribution in [2.75, 3.05) is 30.8 Å². The van der Waals surface area contributed by atoms with Crippen molar-refractivity contribution in [3.05, 3.63) is 23.8 Å². The first kappa shape index (κ1) is 13.7. The molecule has 1 aliphatic rings. The lowest BCUT2D eigenvalue weighted by molar-refractivity contribution is 0.0601. The average Bonchev–Trinajstić information content (AvgIpc) is 2.36. The molecule has 0 radical (unpaired) electrons. The van der Waals surface area contributed by atoms with Gasteiger partial charge < -0.3 is 15.4 Å². The molecule has 1 heterocycles. The van der Waals surface area contributed by atoms with Crippen molar-refractivity contribution in [2.24, 2.45) is 11.8 Å². The molecule has 0 aliphatic carbocycles. The van der Waals surface area contributed by atoms with Crippen molar-refractivity contribution in [1.82, 2.24) is 0 Å². The first-order valence-corrected chi connectivity index (χ1v) is 6.74. The Balaban J connectivity index is 2.36. The number of benzene rings is 1. The van der Waals surface area contributed by atoms with Gasteiger partial charge in [0.1, 0.15) is 0 Å². The highest BCUT2D eigenvalue weighted by Gasteiger charge is 2.25. The summed E-state index contributed by atoms with van der Waals surface area (Å²) in [6.07, 6.45) is 1.23. The molecule has 2 unspecified atom stereocenters. The minimum Gasteiger partial charge on any atom is -0.465 e. The molecule has 1 aromatic carbocycles. The first-order chi connectivity index (χ1) is 9.01. The Morgan fingerprint density at radius 2 is 1.95 bits per heavy atom. The van der Waals surface area contributed by atoms with Crippen LogP contribution in [0.25, 0.3) is 0 Å². The van der Waals surface area contributed by atoms with Gasteiger partial charge in [-0.05, 0) is 36.5 Å². The normalized spacial score (nSPS) is 23.2. The molecule has 19 heavy (non-hydrogen) atoms. The Morgan fingerprint density at radius 1 is 1.32 bits per heavy atom. The molecule has 4 nitrogen and oxygen atoms in total. The van der Waals surface area contributed by atoms with Gasteiger partial charge in [-0.1, -0.05) is 13.8 Å². The zero-order chi connectivity index (χ0) is 14.0. The minimum absolute atomic E-state index is 0.305. The zero-order valence-corrected chi connectivity index (χ0v) is 11.8. The van der Waals surface area contributed by atoms with Crippen LogP contribution >= 0.6 is 0 Å². The van der Waals surface area contributed by atoms with E-state index in [1.54, 1.807) is 12.1 Å². The van der Waals surface area contributed by atoms with Gasteiger partial charge in [-0.2, -0.15) is 0 Å². The third-order valence-corrected chi connectivity index (χ3v) is 3.64. The fourth-order valence-electron chi connectivity index (χ4n) is 2.95. The van der Waals surface area contributed by atoms with Gasteiger partial charge in [0.05, 0.1) is 18.4 Å². The summed E-state index contributed by atoms with van der Waals surface area (Å²) in [5.74, 6) is 0.937. The number of nitrogen functional groups attached to an aromatic ring is 1. The van der Waals surface area contributed by atoms with Crippen LogP contribution in [0.1, 0.15) is 30.6 Å². The largest absolute Gasteiger partial charge is 0.465 e. The van der Waals surface area contributed by atoms with Gasteiger partial charge in [-0.15, -0.1) is 0 Å². The number of esters is 1. The molecule has 1 aliphatic heterocycles. The molecule has 2 atom stereocenters. The zero-order valence-electron chi connectivity index (χ0n) is 11.8. The molecule has 0 spiro atoms. The summed E-state index contributed by atoms with van der Waals surface area (Å²) in [5.41, 5.74) is 8.03. The van der Waals surface area contributed by atoms with Crippen LogP contribution in [0.4, 0.5) is 11.4 Å². The molecule has 0 aromatic heterocycles. The molecule has 1 aromatic rings. The second-order valence-electron chi connectivity index (χ2n) is 5.62. The lowest BCUT2D eigenvalue weighted by Gasteiger charge is -2.37. The summed E-state index contributed by atoms with van der Waals surface area (Å²) in [6.45, 7) is 6.40. The SMILES string of the molecule is COC(=O)c1ccc(N)cc1N1CC(C)CC(C)C1. The fraction of sp³-hybridized carbons (Fsp3) is 0.533. The molecule has 2 rings (SSSR count). The van der Waals surface area contributed by atoms with Crippen LogP contribution in [0.5, 0.6) is 0 Å². The van der Waals surface area contributed by atoms with Crippen LogP contribution in [0.3, 0.4) is 0 Å². The molecule has 1 fully saturated rings. The van der Waals surface area contributed by atoms with Gasteiger partial charge in [0, 0.05) is 18.8 Å². The maximum absolute atomic E-state index is 11.9. The number of methoxy groups -OCH3 is 1. The Kier molecular flexibility index (Phi) is 3.98. The Morgan fingerprint density at radius 3 is 2.53 bits per heavy atom. The summed E-state index contributed by atoms with van der Waals surface area (Å²) in [4.78, 5) is 14.1. The Hall–Kier alpha value is -1.71. The van der Waals surface area contributed by atoms with Crippen molar-refractivity contribution in [1.29, 1.82) is 0 Å². The van der Waals surface area contributed by atoms with Gasteiger partial charge in [-0.25, -0.2) is 4.79 Å². The summed E-state index contributed by atoms with van der Waals surface area (Å²) < 4.78 is 4.85. The highest BCUT2D eigenvalue weighted by atomic mass is 16.5. The van der Waals surface area contributed by atoms with Crippen molar-refractivity contribution in [3.8, 4) is 0 Å². The number of anilines is 2. The molecule has 0 bridgehead atoms. The van der Waals surface area contributed by atoms with E-state index in [0.29, 0.717) is 23.1 Å². The maximum Gasteiger partial charge on any atom is 0.339 e. The second-order valence-corrected chi connectivity index (χ2v) is 5.62. The molecule has 104 valence electrons. The van der Waals surface area contributed by atoms with Crippen LogP contribution in [-0.2, 0) is 4.74 Å². The molecule has 4 heteroatoms. The maximum atomic E-state index is 11.9. The van der Waals surface area contributed by atoms with Gasteiger partial charge in [0.25, 0.3) is 0 Å². The fourth-order valence-corrected chi connectivity index (χ4v) is 2.95. The van der Waals surface area contributed by atoms with E-state index >= 15 is 0 Å². The quantitative estimate of drug-likeness (QED) is 0.657.